The second-order valence-electron chi connectivity index (χ2n) is 4.54. The molecule has 0 aliphatic carbocycles. The quantitative estimate of drug-likeness (QED) is 0.776. The molecule has 0 heterocycles. The summed E-state index contributed by atoms with van der Waals surface area (Å²) >= 11 is 12.0. The van der Waals surface area contributed by atoms with Gasteiger partial charge in [0, 0.05) is 5.02 Å². The third-order valence-electron chi connectivity index (χ3n) is 2.50. The van der Waals surface area contributed by atoms with Crippen molar-refractivity contribution in [3.63, 3.8) is 0 Å². The van der Waals surface area contributed by atoms with Crippen LogP contribution in [-0.2, 0) is 16.0 Å². The number of halogens is 2. The zero-order valence-corrected chi connectivity index (χ0v) is 13.0. The first kappa shape index (κ1) is 16.6. The van der Waals surface area contributed by atoms with Crippen molar-refractivity contribution in [3.05, 3.63) is 27.7 Å². The third kappa shape index (κ3) is 4.03. The van der Waals surface area contributed by atoms with Crippen LogP contribution in [0.25, 0.3) is 0 Å². The van der Waals surface area contributed by atoms with Gasteiger partial charge in [-0.2, -0.15) is 5.26 Å². The van der Waals surface area contributed by atoms with Crippen molar-refractivity contribution in [3.8, 4) is 11.8 Å². The number of rotatable bonds is 5. The lowest BCUT2D eigenvalue weighted by Crippen LogP contribution is -2.39. The molecule has 0 N–H and O–H groups in total. The number of carbonyl (C=O) groups excluding carboxylic acids is 1. The predicted octanol–water partition coefficient (Wildman–Crippen LogP) is 3.78. The van der Waals surface area contributed by atoms with Crippen molar-refractivity contribution in [1.82, 2.24) is 0 Å². The minimum atomic E-state index is -1.18. The lowest BCUT2D eigenvalue weighted by atomic mass is 10.1. The number of nitriles is 1. The molecule has 6 heteroatoms. The standard InChI is InChI=1S/C14H15Cl2NO3/c1-4-19-13(18)14(2,3)20-12-7-9(5-6-17)10(15)8-11(12)16/h7-8H,4-5H2,1-3H3. The van der Waals surface area contributed by atoms with Gasteiger partial charge in [-0.1, -0.05) is 23.2 Å². The molecule has 0 atom stereocenters. The zero-order valence-electron chi connectivity index (χ0n) is 11.5. The number of esters is 1. The number of hydrogen-bond donors (Lipinski definition) is 0. The van der Waals surface area contributed by atoms with Crippen LogP contribution in [0.2, 0.25) is 10.0 Å². The highest BCUT2D eigenvalue weighted by Crippen LogP contribution is 2.33. The molecule has 108 valence electrons. The van der Waals surface area contributed by atoms with E-state index in [-0.39, 0.29) is 18.1 Å². The van der Waals surface area contributed by atoms with Crippen molar-refractivity contribution < 1.29 is 14.3 Å². The van der Waals surface area contributed by atoms with Gasteiger partial charge in [0.1, 0.15) is 5.75 Å². The Morgan fingerprint density at radius 2 is 2.00 bits per heavy atom. The average Bonchev–Trinajstić information content (AvgIpc) is 2.35. The normalized spacial score (nSPS) is 10.8. The van der Waals surface area contributed by atoms with Crippen LogP contribution in [0.4, 0.5) is 0 Å². The Labute approximate surface area is 128 Å². The summed E-state index contributed by atoms with van der Waals surface area (Å²) in [5.74, 6) is -0.202. The molecule has 0 amide bonds. The highest BCUT2D eigenvalue weighted by molar-refractivity contribution is 6.36. The lowest BCUT2D eigenvalue weighted by molar-refractivity contribution is -0.158. The molecule has 1 aromatic carbocycles. The van der Waals surface area contributed by atoms with Crippen LogP contribution in [0.15, 0.2) is 12.1 Å². The molecule has 0 bridgehead atoms. The third-order valence-corrected chi connectivity index (χ3v) is 3.15. The Kier molecular flexibility index (Phi) is 5.67. The molecule has 0 saturated carbocycles. The molecule has 4 nitrogen and oxygen atoms in total. The molecule has 0 saturated heterocycles. The van der Waals surface area contributed by atoms with Gasteiger partial charge in [-0.25, -0.2) is 4.79 Å². The molecular weight excluding hydrogens is 301 g/mol. The zero-order chi connectivity index (χ0) is 15.3. The predicted molar refractivity (Wildman–Crippen MR) is 77.1 cm³/mol. The van der Waals surface area contributed by atoms with Gasteiger partial charge in [0.25, 0.3) is 0 Å². The minimum absolute atomic E-state index is 0.131. The second-order valence-corrected chi connectivity index (χ2v) is 5.36. The van der Waals surface area contributed by atoms with E-state index in [0.29, 0.717) is 16.3 Å². The van der Waals surface area contributed by atoms with E-state index < -0.39 is 11.6 Å². The first-order chi connectivity index (χ1) is 9.31. The van der Waals surface area contributed by atoms with Gasteiger partial charge in [-0.3, -0.25) is 0 Å². The van der Waals surface area contributed by atoms with Crippen LogP contribution < -0.4 is 4.74 Å². The fourth-order valence-electron chi connectivity index (χ4n) is 1.49. The van der Waals surface area contributed by atoms with Gasteiger partial charge >= 0.3 is 5.97 Å². The van der Waals surface area contributed by atoms with Crippen LogP contribution in [0.1, 0.15) is 26.3 Å². The van der Waals surface area contributed by atoms with Crippen LogP contribution in [0.3, 0.4) is 0 Å². The molecule has 0 aromatic heterocycles. The fourth-order valence-corrected chi connectivity index (χ4v) is 1.98. The smallest absolute Gasteiger partial charge is 0.349 e. The monoisotopic (exact) mass is 315 g/mol. The van der Waals surface area contributed by atoms with Gasteiger partial charge in [0.05, 0.1) is 24.1 Å². The summed E-state index contributed by atoms with van der Waals surface area (Å²) < 4.78 is 10.5. The Bertz CT molecular complexity index is 550. The Hall–Kier alpha value is -1.44. The maximum atomic E-state index is 11.8. The van der Waals surface area contributed by atoms with Crippen LogP contribution in [0.5, 0.6) is 5.75 Å². The molecule has 0 aliphatic heterocycles. The maximum Gasteiger partial charge on any atom is 0.349 e. The van der Waals surface area contributed by atoms with Crippen molar-refractivity contribution in [2.45, 2.75) is 32.8 Å². The first-order valence-corrected chi connectivity index (χ1v) is 6.78. The minimum Gasteiger partial charge on any atom is -0.475 e. The molecule has 0 fully saturated rings. The van der Waals surface area contributed by atoms with Crippen molar-refractivity contribution >= 4 is 29.2 Å². The van der Waals surface area contributed by atoms with Crippen LogP contribution >= 0.6 is 23.2 Å². The highest BCUT2D eigenvalue weighted by Gasteiger charge is 2.32. The van der Waals surface area contributed by atoms with Gasteiger partial charge in [-0.15, -0.1) is 0 Å². The van der Waals surface area contributed by atoms with E-state index in [2.05, 4.69) is 0 Å². The van der Waals surface area contributed by atoms with Crippen LogP contribution in [0, 0.1) is 11.3 Å². The topological polar surface area (TPSA) is 59.3 Å². The van der Waals surface area contributed by atoms with Gasteiger partial charge in [0.2, 0.25) is 0 Å². The number of ether oxygens (including phenoxy) is 2. The molecule has 0 aliphatic rings. The summed E-state index contributed by atoms with van der Waals surface area (Å²) in [5.41, 5.74) is -0.592. The Morgan fingerprint density at radius 1 is 1.35 bits per heavy atom. The van der Waals surface area contributed by atoms with Crippen molar-refractivity contribution in [2.24, 2.45) is 0 Å². The van der Waals surface area contributed by atoms with Crippen molar-refractivity contribution in [1.29, 1.82) is 5.26 Å². The van der Waals surface area contributed by atoms with E-state index >= 15 is 0 Å². The number of nitrogens with zero attached hydrogens (tertiary/aromatic N) is 1. The average molecular weight is 316 g/mol. The summed E-state index contributed by atoms with van der Waals surface area (Å²) in [6, 6.07) is 5.06. The summed E-state index contributed by atoms with van der Waals surface area (Å²) in [4.78, 5) is 11.8. The summed E-state index contributed by atoms with van der Waals surface area (Å²) in [6.45, 7) is 5.15. The van der Waals surface area contributed by atoms with Crippen LogP contribution in [-0.4, -0.2) is 18.2 Å². The summed E-state index contributed by atoms with van der Waals surface area (Å²) in [7, 11) is 0. The number of benzene rings is 1. The van der Waals surface area contributed by atoms with E-state index in [4.69, 9.17) is 37.9 Å². The molecule has 0 spiro atoms. The summed E-state index contributed by atoms with van der Waals surface area (Å²) in [5, 5.41) is 9.40. The molecule has 20 heavy (non-hydrogen) atoms. The largest absolute Gasteiger partial charge is 0.475 e. The fraction of sp³-hybridized carbons (Fsp3) is 0.429. The molecular formula is C14H15Cl2NO3. The Morgan fingerprint density at radius 3 is 2.55 bits per heavy atom. The van der Waals surface area contributed by atoms with Gasteiger partial charge in [0.15, 0.2) is 5.60 Å². The van der Waals surface area contributed by atoms with Gasteiger partial charge < -0.3 is 9.47 Å². The SMILES string of the molecule is CCOC(=O)C(C)(C)Oc1cc(CC#N)c(Cl)cc1Cl. The number of carbonyl (C=O) groups is 1. The Balaban J connectivity index is 3.06. The molecule has 1 aromatic rings. The van der Waals surface area contributed by atoms with Crippen molar-refractivity contribution in [2.75, 3.05) is 6.61 Å². The van der Waals surface area contributed by atoms with E-state index in [1.165, 1.54) is 6.07 Å². The second kappa shape index (κ2) is 6.83. The van der Waals surface area contributed by atoms with E-state index in [0.717, 1.165) is 0 Å². The number of hydrogen-bond acceptors (Lipinski definition) is 4. The highest BCUT2D eigenvalue weighted by atomic mass is 35.5. The molecule has 0 unspecified atom stereocenters. The molecule has 1 rings (SSSR count). The van der Waals surface area contributed by atoms with E-state index in [9.17, 15) is 4.79 Å². The summed E-state index contributed by atoms with van der Waals surface area (Å²) in [6.07, 6.45) is 0.131. The maximum absolute atomic E-state index is 11.8. The lowest BCUT2D eigenvalue weighted by Gasteiger charge is -2.25. The van der Waals surface area contributed by atoms with Gasteiger partial charge in [-0.05, 0) is 38.5 Å². The first-order valence-electron chi connectivity index (χ1n) is 6.03. The van der Waals surface area contributed by atoms with E-state index in [1.807, 2.05) is 6.07 Å². The molecule has 0 radical (unpaired) electrons. The van der Waals surface area contributed by atoms with E-state index in [1.54, 1.807) is 26.8 Å².